The number of benzene rings is 2. The maximum Gasteiger partial charge on any atom is 0.273 e. The number of aryl methyl sites for hydroxylation is 1. The van der Waals surface area contributed by atoms with Gasteiger partial charge >= 0.3 is 0 Å². The van der Waals surface area contributed by atoms with E-state index in [0.29, 0.717) is 11.4 Å². The van der Waals surface area contributed by atoms with Crippen LogP contribution < -0.4 is 5.32 Å². The number of aromatic amines is 2. The topological polar surface area (TPSA) is 86.5 Å². The van der Waals surface area contributed by atoms with Gasteiger partial charge in [-0.2, -0.15) is 10.2 Å². The Balaban J connectivity index is 1.55. The molecule has 0 aliphatic rings. The molecule has 118 valence electrons. The van der Waals surface area contributed by atoms with E-state index < -0.39 is 0 Å². The Morgan fingerprint density at radius 1 is 1.04 bits per heavy atom. The van der Waals surface area contributed by atoms with Crippen LogP contribution in [0.15, 0.2) is 54.7 Å². The van der Waals surface area contributed by atoms with E-state index in [4.69, 9.17) is 0 Å². The van der Waals surface area contributed by atoms with Crippen LogP contribution in [0.4, 0.5) is 5.69 Å². The number of aromatic nitrogens is 4. The van der Waals surface area contributed by atoms with Gasteiger partial charge < -0.3 is 5.32 Å². The van der Waals surface area contributed by atoms with E-state index in [1.165, 1.54) is 5.56 Å². The van der Waals surface area contributed by atoms with Crippen molar-refractivity contribution in [2.45, 2.75) is 6.92 Å². The van der Waals surface area contributed by atoms with Gasteiger partial charge in [0.05, 0.1) is 17.4 Å². The molecule has 0 radical (unpaired) electrons. The number of rotatable bonds is 3. The number of amides is 1. The van der Waals surface area contributed by atoms with Gasteiger partial charge in [-0.15, -0.1) is 0 Å². The van der Waals surface area contributed by atoms with Crippen LogP contribution >= 0.6 is 0 Å². The van der Waals surface area contributed by atoms with Crippen molar-refractivity contribution in [1.82, 2.24) is 20.4 Å². The summed E-state index contributed by atoms with van der Waals surface area (Å²) in [5.41, 5.74) is 4.94. The number of hydrogen-bond donors (Lipinski definition) is 3. The lowest BCUT2D eigenvalue weighted by Gasteiger charge is -2.03. The van der Waals surface area contributed by atoms with E-state index in [1.807, 2.05) is 49.4 Å². The summed E-state index contributed by atoms with van der Waals surface area (Å²) in [5, 5.41) is 17.7. The van der Waals surface area contributed by atoms with Crippen LogP contribution in [0.1, 0.15) is 16.1 Å². The fraction of sp³-hybridized carbons (Fsp3) is 0.0556. The van der Waals surface area contributed by atoms with Gasteiger partial charge in [0, 0.05) is 16.6 Å². The highest BCUT2D eigenvalue weighted by molar-refractivity contribution is 6.04. The number of nitrogens with zero attached hydrogens (tertiary/aromatic N) is 2. The minimum atomic E-state index is -0.233. The normalized spacial score (nSPS) is 10.9. The summed E-state index contributed by atoms with van der Waals surface area (Å²) in [6, 6.07) is 15.3. The van der Waals surface area contributed by atoms with E-state index in [9.17, 15) is 4.79 Å². The Hall–Kier alpha value is -3.41. The zero-order valence-corrected chi connectivity index (χ0v) is 13.0. The van der Waals surface area contributed by atoms with Gasteiger partial charge in [-0.05, 0) is 31.2 Å². The lowest BCUT2D eigenvalue weighted by molar-refractivity contribution is 0.102. The molecule has 24 heavy (non-hydrogen) atoms. The van der Waals surface area contributed by atoms with Gasteiger partial charge in [-0.3, -0.25) is 15.0 Å². The van der Waals surface area contributed by atoms with E-state index in [1.54, 1.807) is 12.3 Å². The van der Waals surface area contributed by atoms with E-state index in [0.717, 1.165) is 22.2 Å². The second kappa shape index (κ2) is 5.66. The van der Waals surface area contributed by atoms with Crippen LogP contribution in [-0.4, -0.2) is 26.3 Å². The summed E-state index contributed by atoms with van der Waals surface area (Å²) in [6.07, 6.45) is 1.72. The SMILES string of the molecule is Cc1ccc(-c2cc(C(=O)Nc3ccc4[nH]ncc4c3)[nH]n2)cc1. The molecule has 4 aromatic rings. The first-order valence-electron chi connectivity index (χ1n) is 7.56. The van der Waals surface area contributed by atoms with E-state index in [-0.39, 0.29) is 5.91 Å². The fourth-order valence-electron chi connectivity index (χ4n) is 2.53. The van der Waals surface area contributed by atoms with Crippen molar-refractivity contribution in [2.24, 2.45) is 0 Å². The number of H-pyrrole nitrogens is 2. The summed E-state index contributed by atoms with van der Waals surface area (Å²) in [6.45, 7) is 2.03. The van der Waals surface area contributed by atoms with Crippen LogP contribution in [-0.2, 0) is 0 Å². The van der Waals surface area contributed by atoms with Gasteiger partial charge in [0.15, 0.2) is 0 Å². The number of nitrogens with one attached hydrogen (secondary N) is 3. The third-order valence-corrected chi connectivity index (χ3v) is 3.87. The summed E-state index contributed by atoms with van der Waals surface area (Å²) < 4.78 is 0. The molecule has 2 aromatic carbocycles. The van der Waals surface area contributed by atoms with Gasteiger partial charge in [0.25, 0.3) is 5.91 Å². The highest BCUT2D eigenvalue weighted by Crippen LogP contribution is 2.20. The van der Waals surface area contributed by atoms with Crippen molar-refractivity contribution < 1.29 is 4.79 Å². The van der Waals surface area contributed by atoms with Gasteiger partial charge in [0.1, 0.15) is 5.69 Å². The number of fused-ring (bicyclic) bond motifs is 1. The zero-order valence-electron chi connectivity index (χ0n) is 13.0. The van der Waals surface area contributed by atoms with Crippen LogP contribution in [0.3, 0.4) is 0 Å². The van der Waals surface area contributed by atoms with Gasteiger partial charge in [0.2, 0.25) is 0 Å². The van der Waals surface area contributed by atoms with Gasteiger partial charge in [-0.25, -0.2) is 0 Å². The molecule has 3 N–H and O–H groups in total. The third kappa shape index (κ3) is 2.65. The van der Waals surface area contributed by atoms with Crippen molar-refractivity contribution in [1.29, 1.82) is 0 Å². The molecule has 1 amide bonds. The monoisotopic (exact) mass is 317 g/mol. The second-order valence-corrected chi connectivity index (χ2v) is 5.66. The van der Waals surface area contributed by atoms with E-state index in [2.05, 4.69) is 25.7 Å². The van der Waals surface area contributed by atoms with Crippen LogP contribution in [0.2, 0.25) is 0 Å². The molecule has 0 saturated carbocycles. The summed E-state index contributed by atoms with van der Waals surface area (Å²) in [7, 11) is 0. The molecule has 0 atom stereocenters. The molecule has 0 aliphatic heterocycles. The number of hydrogen-bond acceptors (Lipinski definition) is 3. The Bertz CT molecular complexity index is 1010. The van der Waals surface area contributed by atoms with Crippen molar-refractivity contribution in [2.75, 3.05) is 5.32 Å². The average molecular weight is 317 g/mol. The van der Waals surface area contributed by atoms with Crippen molar-refractivity contribution in [3.63, 3.8) is 0 Å². The van der Waals surface area contributed by atoms with Crippen LogP contribution in [0.25, 0.3) is 22.2 Å². The molecular formula is C18H15N5O. The first kappa shape index (κ1) is 14.2. The minimum absolute atomic E-state index is 0.233. The standard InChI is InChI=1S/C18H15N5O/c1-11-2-4-12(5-3-11)16-9-17(23-22-16)18(24)20-14-6-7-15-13(8-14)10-19-21-15/h2-10H,1H3,(H,19,21)(H,20,24)(H,22,23). The molecule has 2 heterocycles. The summed E-state index contributed by atoms with van der Waals surface area (Å²) in [4.78, 5) is 12.4. The third-order valence-electron chi connectivity index (χ3n) is 3.87. The molecule has 0 spiro atoms. The molecular weight excluding hydrogens is 302 g/mol. The first-order chi connectivity index (χ1) is 11.7. The number of carbonyl (C=O) groups is 1. The molecule has 0 aliphatic carbocycles. The lowest BCUT2D eigenvalue weighted by Crippen LogP contribution is -2.12. The van der Waals surface area contributed by atoms with Crippen molar-refractivity contribution in [3.05, 3.63) is 66.0 Å². The summed E-state index contributed by atoms with van der Waals surface area (Å²) in [5.74, 6) is -0.233. The molecule has 0 unspecified atom stereocenters. The Kier molecular flexibility index (Phi) is 3.35. The van der Waals surface area contributed by atoms with Crippen molar-refractivity contribution >= 4 is 22.5 Å². The molecule has 4 rings (SSSR count). The van der Waals surface area contributed by atoms with E-state index >= 15 is 0 Å². The molecule has 2 aromatic heterocycles. The highest BCUT2D eigenvalue weighted by atomic mass is 16.1. The molecule has 0 saturated heterocycles. The lowest BCUT2D eigenvalue weighted by atomic mass is 10.1. The van der Waals surface area contributed by atoms with Crippen LogP contribution in [0, 0.1) is 6.92 Å². The molecule has 6 nitrogen and oxygen atoms in total. The maximum absolute atomic E-state index is 12.4. The smallest absolute Gasteiger partial charge is 0.273 e. The first-order valence-corrected chi connectivity index (χ1v) is 7.56. The Labute approximate surface area is 137 Å². The molecule has 0 bridgehead atoms. The predicted molar refractivity (Wildman–Crippen MR) is 92.8 cm³/mol. The van der Waals surface area contributed by atoms with Crippen LogP contribution in [0.5, 0.6) is 0 Å². The molecule has 0 fully saturated rings. The summed E-state index contributed by atoms with van der Waals surface area (Å²) >= 11 is 0. The largest absolute Gasteiger partial charge is 0.321 e. The number of anilines is 1. The van der Waals surface area contributed by atoms with Crippen molar-refractivity contribution in [3.8, 4) is 11.3 Å². The Morgan fingerprint density at radius 3 is 2.71 bits per heavy atom. The quantitative estimate of drug-likeness (QED) is 0.540. The highest BCUT2D eigenvalue weighted by Gasteiger charge is 2.11. The maximum atomic E-state index is 12.4. The predicted octanol–water partition coefficient (Wildman–Crippen LogP) is 3.51. The minimum Gasteiger partial charge on any atom is -0.321 e. The second-order valence-electron chi connectivity index (χ2n) is 5.66. The Morgan fingerprint density at radius 2 is 1.88 bits per heavy atom. The fourth-order valence-corrected chi connectivity index (χ4v) is 2.53. The zero-order chi connectivity index (χ0) is 16.5. The van der Waals surface area contributed by atoms with Gasteiger partial charge in [-0.1, -0.05) is 29.8 Å². The average Bonchev–Trinajstić information content (AvgIpc) is 3.24. The molecule has 6 heteroatoms. The number of carbonyl (C=O) groups excluding carboxylic acids is 1.